The van der Waals surface area contributed by atoms with Crippen LogP contribution in [0.25, 0.3) is 11.8 Å². The molecule has 1 amide bonds. The maximum atomic E-state index is 11.1. The monoisotopic (exact) mass is 243 g/mol. The molecule has 2 rings (SSSR count). The van der Waals surface area contributed by atoms with Crippen LogP contribution in [0.1, 0.15) is 16.2 Å². The maximum Gasteiger partial charge on any atom is 0.269 e. The molecule has 0 saturated carbocycles. The van der Waals surface area contributed by atoms with Gasteiger partial charge in [-0.2, -0.15) is 5.10 Å². The molecule has 0 atom stereocenters. The molecular weight excluding hydrogens is 230 g/mol. The molecule has 0 saturated heterocycles. The minimum atomic E-state index is -0.564. The van der Waals surface area contributed by atoms with Crippen LogP contribution in [0.3, 0.4) is 0 Å². The molecule has 2 N–H and O–H groups in total. The molecule has 92 valence electrons. The number of rotatable bonds is 4. The topological polar surface area (TPSA) is 70.1 Å². The lowest BCUT2D eigenvalue weighted by atomic mass is 10.3. The lowest BCUT2D eigenvalue weighted by Crippen LogP contribution is -2.12. The third kappa shape index (κ3) is 2.10. The Labute approximate surface area is 104 Å². The number of nitrogens with two attached hydrogens (primary N) is 1. The molecule has 0 aliphatic carbocycles. The first-order valence-corrected chi connectivity index (χ1v) is 5.32. The summed E-state index contributed by atoms with van der Waals surface area (Å²) in [7, 11) is 1.60. The van der Waals surface area contributed by atoms with E-state index in [1.165, 1.54) is 0 Å². The molecule has 5 nitrogen and oxygen atoms in total. The van der Waals surface area contributed by atoms with E-state index in [9.17, 15) is 4.79 Å². The zero-order valence-corrected chi connectivity index (χ0v) is 9.96. The number of hydrogen-bond donors (Lipinski definition) is 1. The van der Waals surface area contributed by atoms with Crippen molar-refractivity contribution in [1.29, 1.82) is 0 Å². The lowest BCUT2D eigenvalue weighted by molar-refractivity contribution is 0.0995. The van der Waals surface area contributed by atoms with Crippen molar-refractivity contribution in [3.05, 3.63) is 48.3 Å². The molecule has 2 aromatic rings. The predicted octanol–water partition coefficient (Wildman–Crippen LogP) is 1.62. The normalized spacial score (nSPS) is 10.1. The van der Waals surface area contributed by atoms with Crippen LogP contribution in [0.5, 0.6) is 5.75 Å². The van der Waals surface area contributed by atoms with Gasteiger partial charge in [-0.05, 0) is 36.4 Å². The van der Waals surface area contributed by atoms with E-state index in [-0.39, 0.29) is 5.69 Å². The summed E-state index contributed by atoms with van der Waals surface area (Å²) >= 11 is 0. The van der Waals surface area contributed by atoms with Crippen LogP contribution in [0.4, 0.5) is 0 Å². The van der Waals surface area contributed by atoms with Gasteiger partial charge in [0.25, 0.3) is 5.91 Å². The number of benzene rings is 1. The Morgan fingerprint density at radius 2 is 2.11 bits per heavy atom. The predicted molar refractivity (Wildman–Crippen MR) is 68.7 cm³/mol. The van der Waals surface area contributed by atoms with Crippen molar-refractivity contribution in [2.24, 2.45) is 5.73 Å². The van der Waals surface area contributed by atoms with E-state index in [2.05, 4.69) is 11.7 Å². The lowest BCUT2D eigenvalue weighted by Gasteiger charge is -2.05. The Bertz CT molecular complexity index is 585. The van der Waals surface area contributed by atoms with Gasteiger partial charge in [0.1, 0.15) is 5.75 Å². The van der Waals surface area contributed by atoms with Gasteiger partial charge in [-0.1, -0.05) is 6.58 Å². The first kappa shape index (κ1) is 11.9. The van der Waals surface area contributed by atoms with Crippen LogP contribution in [-0.2, 0) is 0 Å². The Kier molecular flexibility index (Phi) is 3.14. The van der Waals surface area contributed by atoms with Crippen molar-refractivity contribution < 1.29 is 9.53 Å². The van der Waals surface area contributed by atoms with E-state index < -0.39 is 5.91 Å². The fraction of sp³-hybridized carbons (Fsp3) is 0.0769. The van der Waals surface area contributed by atoms with Crippen LogP contribution >= 0.6 is 0 Å². The van der Waals surface area contributed by atoms with Crippen molar-refractivity contribution in [1.82, 2.24) is 9.78 Å². The second-order valence-electron chi connectivity index (χ2n) is 3.63. The zero-order valence-electron chi connectivity index (χ0n) is 9.96. The van der Waals surface area contributed by atoms with E-state index in [0.717, 1.165) is 11.4 Å². The van der Waals surface area contributed by atoms with Crippen LogP contribution in [0, 0.1) is 0 Å². The summed E-state index contributed by atoms with van der Waals surface area (Å²) in [6.45, 7) is 3.69. The Morgan fingerprint density at radius 1 is 1.44 bits per heavy atom. The summed E-state index contributed by atoms with van der Waals surface area (Å²) in [5.74, 6) is 0.187. The minimum Gasteiger partial charge on any atom is -0.497 e. The summed E-state index contributed by atoms with van der Waals surface area (Å²) < 4.78 is 6.68. The average molecular weight is 243 g/mol. The summed E-state index contributed by atoms with van der Waals surface area (Å²) in [5.41, 5.74) is 6.92. The van der Waals surface area contributed by atoms with Crippen molar-refractivity contribution in [3.63, 3.8) is 0 Å². The summed E-state index contributed by atoms with van der Waals surface area (Å²) in [6.07, 6.45) is 1.61. The molecule has 18 heavy (non-hydrogen) atoms. The van der Waals surface area contributed by atoms with E-state index in [1.54, 1.807) is 23.9 Å². The van der Waals surface area contributed by atoms with Crippen molar-refractivity contribution in [2.75, 3.05) is 7.11 Å². The molecule has 0 bridgehead atoms. The summed E-state index contributed by atoms with van der Waals surface area (Å²) in [5, 5.41) is 4.14. The molecule has 0 aliphatic heterocycles. The zero-order chi connectivity index (χ0) is 13.1. The van der Waals surface area contributed by atoms with E-state index in [0.29, 0.717) is 5.69 Å². The molecule has 1 aromatic carbocycles. The van der Waals surface area contributed by atoms with Crippen LogP contribution in [-0.4, -0.2) is 22.8 Å². The number of carbonyl (C=O) groups excluding carboxylic acids is 1. The number of nitrogens with zero attached hydrogens (tertiary/aromatic N) is 2. The summed E-state index contributed by atoms with van der Waals surface area (Å²) in [6, 6.07) is 8.90. The van der Waals surface area contributed by atoms with Gasteiger partial charge in [0.05, 0.1) is 18.5 Å². The van der Waals surface area contributed by atoms with E-state index in [1.807, 2.05) is 24.3 Å². The quantitative estimate of drug-likeness (QED) is 0.887. The number of primary amides is 1. The van der Waals surface area contributed by atoms with Crippen LogP contribution in [0.15, 0.2) is 36.9 Å². The van der Waals surface area contributed by atoms with Gasteiger partial charge in [0.2, 0.25) is 0 Å². The largest absolute Gasteiger partial charge is 0.497 e. The SMILES string of the molecule is C=Cc1cc(C(N)=O)nn1-c1ccc(OC)cc1. The third-order valence-electron chi connectivity index (χ3n) is 2.52. The Morgan fingerprint density at radius 3 is 2.61 bits per heavy atom. The molecular formula is C13H13N3O2. The van der Waals surface area contributed by atoms with Crippen LogP contribution < -0.4 is 10.5 Å². The van der Waals surface area contributed by atoms with Crippen LogP contribution in [0.2, 0.25) is 0 Å². The fourth-order valence-electron chi connectivity index (χ4n) is 1.59. The van der Waals surface area contributed by atoms with Gasteiger partial charge in [-0.15, -0.1) is 0 Å². The van der Waals surface area contributed by atoms with Gasteiger partial charge < -0.3 is 10.5 Å². The third-order valence-corrected chi connectivity index (χ3v) is 2.52. The van der Waals surface area contributed by atoms with Gasteiger partial charge in [-0.3, -0.25) is 4.79 Å². The minimum absolute atomic E-state index is 0.209. The van der Waals surface area contributed by atoms with Crippen molar-refractivity contribution in [3.8, 4) is 11.4 Å². The van der Waals surface area contributed by atoms with Gasteiger partial charge >= 0.3 is 0 Å². The van der Waals surface area contributed by atoms with Gasteiger partial charge in [0.15, 0.2) is 5.69 Å². The van der Waals surface area contributed by atoms with Gasteiger partial charge in [-0.25, -0.2) is 4.68 Å². The highest BCUT2D eigenvalue weighted by molar-refractivity contribution is 5.91. The molecule has 0 aliphatic rings. The molecule has 0 spiro atoms. The highest BCUT2D eigenvalue weighted by Gasteiger charge is 2.11. The standard InChI is InChI=1S/C13H13N3O2/c1-3-9-8-12(13(14)17)15-16(9)10-4-6-11(18-2)7-5-10/h3-8H,1H2,2H3,(H2,14,17). The summed E-state index contributed by atoms with van der Waals surface area (Å²) in [4.78, 5) is 11.1. The molecule has 5 heteroatoms. The number of amides is 1. The Hall–Kier alpha value is -2.56. The maximum absolute atomic E-state index is 11.1. The first-order valence-electron chi connectivity index (χ1n) is 5.32. The fourth-order valence-corrected chi connectivity index (χ4v) is 1.59. The second kappa shape index (κ2) is 4.75. The van der Waals surface area contributed by atoms with E-state index >= 15 is 0 Å². The number of ether oxygens (including phenoxy) is 1. The number of methoxy groups -OCH3 is 1. The first-order chi connectivity index (χ1) is 8.65. The molecule has 0 unspecified atom stereocenters. The highest BCUT2D eigenvalue weighted by atomic mass is 16.5. The van der Waals surface area contributed by atoms with Gasteiger partial charge in [0, 0.05) is 0 Å². The van der Waals surface area contributed by atoms with Crippen molar-refractivity contribution >= 4 is 12.0 Å². The number of aromatic nitrogens is 2. The molecule has 1 heterocycles. The smallest absolute Gasteiger partial charge is 0.269 e. The molecule has 0 fully saturated rings. The number of carbonyl (C=O) groups is 1. The van der Waals surface area contributed by atoms with Crippen molar-refractivity contribution in [2.45, 2.75) is 0 Å². The second-order valence-corrected chi connectivity index (χ2v) is 3.63. The average Bonchev–Trinajstić information content (AvgIpc) is 2.83. The van der Waals surface area contributed by atoms with E-state index in [4.69, 9.17) is 10.5 Å². The molecule has 0 radical (unpaired) electrons. The molecule has 1 aromatic heterocycles. The Balaban J connectivity index is 2.48. The number of hydrogen-bond acceptors (Lipinski definition) is 3. The highest BCUT2D eigenvalue weighted by Crippen LogP contribution is 2.17.